The number of hydrogen-bond donors (Lipinski definition) is 1. The van der Waals surface area contributed by atoms with Crippen LogP contribution in [0.5, 0.6) is 5.75 Å². The zero-order valence-electron chi connectivity index (χ0n) is 24.0. The Balaban J connectivity index is 1.71. The first kappa shape index (κ1) is 31.0. The molecule has 0 spiro atoms. The van der Waals surface area contributed by atoms with Crippen LogP contribution in [0.15, 0.2) is 78.9 Å². The summed E-state index contributed by atoms with van der Waals surface area (Å²) in [5.74, 6) is -0.923. The number of nitrogens with one attached hydrogen (secondary N) is 1. The third-order valence-corrected chi connectivity index (χ3v) is 8.53. The van der Waals surface area contributed by atoms with E-state index in [1.807, 2.05) is 37.3 Å². The van der Waals surface area contributed by atoms with E-state index < -0.39 is 34.3 Å². The summed E-state index contributed by atoms with van der Waals surface area (Å²) in [5, 5.41) is 3.10. The molecule has 1 aliphatic carbocycles. The lowest BCUT2D eigenvalue weighted by atomic mass is 10.0. The molecule has 42 heavy (non-hydrogen) atoms. The lowest BCUT2D eigenvalue weighted by molar-refractivity contribution is -0.140. The molecule has 3 aromatic rings. The monoisotopic (exact) mass is 595 g/mol. The van der Waals surface area contributed by atoms with Crippen LogP contribution >= 0.6 is 0 Å². The fourth-order valence-electron chi connectivity index (χ4n) is 5.22. The lowest BCUT2D eigenvalue weighted by Crippen LogP contribution is -2.54. The highest BCUT2D eigenvalue weighted by atomic mass is 32.2. The van der Waals surface area contributed by atoms with Gasteiger partial charge in [0, 0.05) is 24.6 Å². The van der Waals surface area contributed by atoms with E-state index in [4.69, 9.17) is 4.74 Å². The van der Waals surface area contributed by atoms with Crippen LogP contribution < -0.4 is 14.4 Å². The number of carbonyl (C=O) groups is 2. The molecule has 0 bridgehead atoms. The summed E-state index contributed by atoms with van der Waals surface area (Å²) in [6, 6.07) is 20.8. The first-order valence-corrected chi connectivity index (χ1v) is 16.1. The fourth-order valence-corrected chi connectivity index (χ4v) is 6.07. The number of ether oxygens (including phenoxy) is 1. The number of anilines is 1. The smallest absolute Gasteiger partial charge is 0.244 e. The van der Waals surface area contributed by atoms with Crippen molar-refractivity contribution < 1.29 is 27.1 Å². The normalized spacial score (nSPS) is 14.3. The van der Waals surface area contributed by atoms with E-state index in [0.717, 1.165) is 41.8 Å². The Kier molecular flexibility index (Phi) is 10.6. The molecule has 0 saturated heterocycles. The Morgan fingerprint density at radius 2 is 1.62 bits per heavy atom. The van der Waals surface area contributed by atoms with Crippen LogP contribution in [-0.4, -0.2) is 56.6 Å². The number of carbonyl (C=O) groups excluding carboxylic acids is 2. The Hall–Kier alpha value is -3.92. The van der Waals surface area contributed by atoms with Crippen LogP contribution in [0.3, 0.4) is 0 Å². The molecule has 0 heterocycles. The number of amides is 2. The average molecular weight is 596 g/mol. The van der Waals surface area contributed by atoms with E-state index in [0.29, 0.717) is 12.4 Å². The molecule has 8 nitrogen and oxygen atoms in total. The zero-order chi connectivity index (χ0) is 30.1. The summed E-state index contributed by atoms with van der Waals surface area (Å²) in [7, 11) is -3.91. The van der Waals surface area contributed by atoms with Gasteiger partial charge in [0.1, 0.15) is 24.2 Å². The molecule has 1 saturated carbocycles. The van der Waals surface area contributed by atoms with Crippen molar-refractivity contribution >= 4 is 27.5 Å². The van der Waals surface area contributed by atoms with Gasteiger partial charge in [0.2, 0.25) is 21.8 Å². The van der Waals surface area contributed by atoms with Crippen LogP contribution in [0.1, 0.15) is 43.7 Å². The summed E-state index contributed by atoms with van der Waals surface area (Å²) in [5.41, 5.74) is 1.32. The van der Waals surface area contributed by atoms with Gasteiger partial charge in [-0.15, -0.1) is 0 Å². The van der Waals surface area contributed by atoms with E-state index in [-0.39, 0.29) is 36.2 Å². The van der Waals surface area contributed by atoms with Crippen LogP contribution in [0.25, 0.3) is 0 Å². The zero-order valence-corrected chi connectivity index (χ0v) is 24.9. The SMILES string of the molecule is CCOc1ccc(N(CC(=O)N(Cc2ccccc2F)[C@@H](Cc2ccccc2)C(=O)NC2CCCC2)S(C)(=O)=O)cc1. The summed E-state index contributed by atoms with van der Waals surface area (Å²) in [4.78, 5) is 29.3. The van der Waals surface area contributed by atoms with Crippen molar-refractivity contribution in [1.29, 1.82) is 0 Å². The van der Waals surface area contributed by atoms with Crippen molar-refractivity contribution in [2.45, 2.75) is 57.7 Å². The summed E-state index contributed by atoms with van der Waals surface area (Å²) >= 11 is 0. The molecule has 2 amide bonds. The Labute approximate surface area is 247 Å². The van der Waals surface area contributed by atoms with Gasteiger partial charge in [0.05, 0.1) is 18.6 Å². The van der Waals surface area contributed by atoms with Gasteiger partial charge in [-0.3, -0.25) is 13.9 Å². The van der Waals surface area contributed by atoms with E-state index in [1.165, 1.54) is 11.0 Å². The summed E-state index contributed by atoms with van der Waals surface area (Å²) in [6.07, 6.45) is 4.93. The van der Waals surface area contributed by atoms with Crippen LogP contribution in [0, 0.1) is 5.82 Å². The highest BCUT2D eigenvalue weighted by Crippen LogP contribution is 2.24. The summed E-state index contributed by atoms with van der Waals surface area (Å²) in [6.45, 7) is 1.52. The third-order valence-electron chi connectivity index (χ3n) is 7.39. The first-order chi connectivity index (χ1) is 20.2. The lowest BCUT2D eigenvalue weighted by Gasteiger charge is -2.34. The number of rotatable bonds is 13. The van der Waals surface area contributed by atoms with E-state index in [9.17, 15) is 22.4 Å². The van der Waals surface area contributed by atoms with Gasteiger partial charge < -0.3 is 15.0 Å². The molecule has 1 atom stereocenters. The van der Waals surface area contributed by atoms with Crippen molar-refractivity contribution in [3.8, 4) is 5.75 Å². The molecule has 0 aliphatic heterocycles. The molecule has 10 heteroatoms. The Bertz CT molecular complexity index is 1440. The second kappa shape index (κ2) is 14.3. The van der Waals surface area contributed by atoms with Crippen molar-refractivity contribution in [1.82, 2.24) is 10.2 Å². The van der Waals surface area contributed by atoms with Crippen molar-refractivity contribution in [3.05, 3.63) is 95.8 Å². The quantitative estimate of drug-likeness (QED) is 0.309. The Morgan fingerprint density at radius 1 is 0.976 bits per heavy atom. The second-order valence-corrected chi connectivity index (χ2v) is 12.4. The molecule has 1 fully saturated rings. The van der Waals surface area contributed by atoms with Crippen molar-refractivity contribution in [2.24, 2.45) is 0 Å². The fraction of sp³-hybridized carbons (Fsp3) is 0.375. The highest BCUT2D eigenvalue weighted by Gasteiger charge is 2.34. The predicted molar refractivity (Wildman–Crippen MR) is 161 cm³/mol. The van der Waals surface area contributed by atoms with Crippen LogP contribution in [0.4, 0.5) is 10.1 Å². The van der Waals surface area contributed by atoms with Gasteiger partial charge in [-0.05, 0) is 55.7 Å². The highest BCUT2D eigenvalue weighted by molar-refractivity contribution is 7.92. The number of halogens is 1. The molecule has 0 radical (unpaired) electrons. The average Bonchev–Trinajstić information content (AvgIpc) is 3.48. The van der Waals surface area contributed by atoms with Gasteiger partial charge in [0.25, 0.3) is 0 Å². The molecule has 1 aliphatic rings. The molecule has 4 rings (SSSR count). The second-order valence-electron chi connectivity index (χ2n) is 10.5. The number of nitrogens with zero attached hydrogens (tertiary/aromatic N) is 2. The van der Waals surface area contributed by atoms with Gasteiger partial charge in [-0.2, -0.15) is 0 Å². The molecule has 1 N–H and O–H groups in total. The van der Waals surface area contributed by atoms with E-state index in [2.05, 4.69) is 5.32 Å². The number of sulfonamides is 1. The predicted octanol–water partition coefficient (Wildman–Crippen LogP) is 4.69. The molecular weight excluding hydrogens is 557 g/mol. The minimum Gasteiger partial charge on any atom is -0.494 e. The maximum atomic E-state index is 14.9. The molecule has 0 aromatic heterocycles. The third kappa shape index (κ3) is 8.31. The van der Waals surface area contributed by atoms with Gasteiger partial charge in [-0.1, -0.05) is 61.4 Å². The maximum absolute atomic E-state index is 14.9. The van der Waals surface area contributed by atoms with Crippen LogP contribution in [0.2, 0.25) is 0 Å². The standard InChI is InChI=1S/C32H38FN3O5S/c1-3-41-28-19-17-27(18-20-28)36(42(2,39)40)23-31(37)35(22-25-13-7-10-16-29(25)33)30(21-24-11-5-4-6-12-24)32(38)34-26-14-8-9-15-26/h4-7,10-13,16-20,26,30H,3,8-9,14-15,21-23H2,1-2H3,(H,34,38)/t30-/m0/s1. The van der Waals surface area contributed by atoms with Gasteiger partial charge in [0.15, 0.2) is 0 Å². The minimum absolute atomic E-state index is 0.00226. The molecule has 224 valence electrons. The minimum atomic E-state index is -3.91. The summed E-state index contributed by atoms with van der Waals surface area (Å²) < 4.78 is 47.2. The van der Waals surface area contributed by atoms with Crippen molar-refractivity contribution in [3.63, 3.8) is 0 Å². The van der Waals surface area contributed by atoms with Crippen molar-refractivity contribution in [2.75, 3.05) is 23.7 Å². The molecule has 3 aromatic carbocycles. The van der Waals surface area contributed by atoms with E-state index >= 15 is 0 Å². The maximum Gasteiger partial charge on any atom is 0.244 e. The Morgan fingerprint density at radius 3 is 2.24 bits per heavy atom. The van der Waals surface area contributed by atoms with Gasteiger partial charge >= 0.3 is 0 Å². The topological polar surface area (TPSA) is 96.0 Å². The first-order valence-electron chi connectivity index (χ1n) is 14.2. The van der Waals surface area contributed by atoms with Crippen LogP contribution in [-0.2, 0) is 32.6 Å². The van der Waals surface area contributed by atoms with E-state index in [1.54, 1.807) is 42.5 Å². The number of hydrogen-bond acceptors (Lipinski definition) is 5. The largest absolute Gasteiger partial charge is 0.494 e. The van der Waals surface area contributed by atoms with Gasteiger partial charge in [-0.25, -0.2) is 12.8 Å². The molecular formula is C32H38FN3O5S. The molecule has 0 unspecified atom stereocenters. The number of benzene rings is 3.